The van der Waals surface area contributed by atoms with Gasteiger partial charge in [-0.1, -0.05) is 57.5 Å². The largest absolute Gasteiger partial charge is 0.396 e. The molecule has 0 bridgehead atoms. The normalized spacial score (nSPS) is 18.6. The zero-order valence-corrected chi connectivity index (χ0v) is 17.9. The molecule has 0 radical (unpaired) electrons. The molecule has 2 aliphatic rings. The highest BCUT2D eigenvalue weighted by atomic mass is 32.2. The van der Waals surface area contributed by atoms with E-state index >= 15 is 0 Å². The SMILES string of the molecule is C=C(/C=C(/C)NC)SC1=CC(C#N)CC(C#N)=C1.CC1CCC1.CCCO. The molecule has 1 unspecified atom stereocenters. The van der Waals surface area contributed by atoms with E-state index in [9.17, 15) is 0 Å². The summed E-state index contributed by atoms with van der Waals surface area (Å²) in [5.41, 5.74) is 1.67. The van der Waals surface area contributed by atoms with Crippen molar-refractivity contribution in [1.29, 1.82) is 10.5 Å². The molecule has 0 spiro atoms. The van der Waals surface area contributed by atoms with Gasteiger partial charge in [-0.3, -0.25) is 0 Å². The van der Waals surface area contributed by atoms with Gasteiger partial charge in [-0.05, 0) is 31.4 Å². The molecule has 0 heterocycles. The molecular formula is C22H33N3OS. The second-order valence-electron chi connectivity index (χ2n) is 6.70. The predicted octanol–water partition coefficient (Wildman–Crippen LogP) is 5.43. The summed E-state index contributed by atoms with van der Waals surface area (Å²) in [4.78, 5) is 1.79. The minimum atomic E-state index is -0.214. The molecule has 0 saturated heterocycles. The van der Waals surface area contributed by atoms with E-state index < -0.39 is 0 Å². The van der Waals surface area contributed by atoms with Crippen LogP contribution in [0.2, 0.25) is 0 Å². The van der Waals surface area contributed by atoms with E-state index in [4.69, 9.17) is 15.6 Å². The van der Waals surface area contributed by atoms with Gasteiger partial charge in [-0.25, -0.2) is 0 Å². The number of hydrogen-bond donors (Lipinski definition) is 2. The van der Waals surface area contributed by atoms with Gasteiger partial charge in [0.25, 0.3) is 0 Å². The van der Waals surface area contributed by atoms with Gasteiger partial charge >= 0.3 is 0 Å². The topological polar surface area (TPSA) is 79.8 Å². The number of nitrogens with one attached hydrogen (secondary N) is 1. The highest BCUT2D eigenvalue weighted by molar-refractivity contribution is 8.07. The number of nitrogens with zero attached hydrogens (tertiary/aromatic N) is 2. The Kier molecular flexibility index (Phi) is 14.0. The first-order valence-corrected chi connectivity index (χ1v) is 10.3. The van der Waals surface area contributed by atoms with Gasteiger partial charge in [0.2, 0.25) is 0 Å². The smallest absolute Gasteiger partial charge is 0.0948 e. The van der Waals surface area contributed by atoms with Crippen molar-refractivity contribution in [2.24, 2.45) is 11.8 Å². The van der Waals surface area contributed by atoms with E-state index in [0.717, 1.165) is 27.8 Å². The molecule has 148 valence electrons. The van der Waals surface area contributed by atoms with Gasteiger partial charge in [0.15, 0.2) is 0 Å². The Morgan fingerprint density at radius 1 is 1.44 bits per heavy atom. The van der Waals surface area contributed by atoms with Gasteiger partial charge in [0.05, 0.1) is 18.1 Å². The van der Waals surface area contributed by atoms with Crippen LogP contribution < -0.4 is 5.32 Å². The second-order valence-corrected chi connectivity index (χ2v) is 7.90. The predicted molar refractivity (Wildman–Crippen MR) is 115 cm³/mol. The van der Waals surface area contributed by atoms with Crippen LogP contribution in [0.1, 0.15) is 52.9 Å². The number of rotatable bonds is 5. The number of aliphatic hydroxyl groups excluding tert-OH is 1. The molecule has 0 aromatic heterocycles. The van der Waals surface area contributed by atoms with Crippen molar-refractivity contribution in [3.05, 3.63) is 45.9 Å². The first-order chi connectivity index (χ1) is 12.9. The van der Waals surface area contributed by atoms with E-state index in [0.29, 0.717) is 18.6 Å². The minimum Gasteiger partial charge on any atom is -0.396 e. The van der Waals surface area contributed by atoms with Gasteiger partial charge in [-0.15, -0.1) is 0 Å². The molecule has 0 aromatic carbocycles. The zero-order chi connectivity index (χ0) is 20.7. The first-order valence-electron chi connectivity index (χ1n) is 9.45. The fourth-order valence-corrected chi connectivity index (χ4v) is 3.08. The zero-order valence-electron chi connectivity index (χ0n) is 17.1. The Hall–Kier alpha value is -1.95. The minimum absolute atomic E-state index is 0.214. The average Bonchev–Trinajstić information content (AvgIpc) is 2.66. The number of nitriles is 2. The Morgan fingerprint density at radius 2 is 2.04 bits per heavy atom. The van der Waals surface area contributed by atoms with Crippen LogP contribution in [0, 0.1) is 34.5 Å². The standard InChI is InChI=1S/C14H15N3S.C5H10.C3H8O/c1-10(17-3)4-11(2)18-14-6-12(8-15)5-13(7-14)9-16;1-5-3-2-4-5;1-2-3-4/h4,6-7,12,17H,2,5H2,1,3H3;5H,2-4H2,1H3;4H,2-3H2,1H3/b10-4-;;. The van der Waals surface area contributed by atoms with E-state index in [1.165, 1.54) is 31.0 Å². The molecule has 2 rings (SSSR count). The van der Waals surface area contributed by atoms with Crippen LogP contribution in [-0.2, 0) is 0 Å². The summed E-state index contributed by atoms with van der Waals surface area (Å²) in [6, 6.07) is 4.31. The summed E-state index contributed by atoms with van der Waals surface area (Å²) in [6.07, 6.45) is 11.5. The molecular weight excluding hydrogens is 354 g/mol. The lowest BCUT2D eigenvalue weighted by Gasteiger charge is -2.18. The Bertz CT molecular complexity index is 629. The van der Waals surface area contributed by atoms with Crippen molar-refractivity contribution in [3.63, 3.8) is 0 Å². The summed E-state index contributed by atoms with van der Waals surface area (Å²) < 4.78 is 0. The Balaban J connectivity index is 0.000000613. The average molecular weight is 388 g/mol. The molecule has 1 atom stereocenters. The van der Waals surface area contributed by atoms with Crippen LogP contribution in [0.3, 0.4) is 0 Å². The van der Waals surface area contributed by atoms with E-state index in [1.807, 2.05) is 39.1 Å². The molecule has 1 saturated carbocycles. The molecule has 2 aliphatic carbocycles. The quantitative estimate of drug-likeness (QED) is 0.615. The summed E-state index contributed by atoms with van der Waals surface area (Å²) in [5.74, 6) is 0.851. The van der Waals surface area contributed by atoms with Crippen LogP contribution in [-0.4, -0.2) is 18.8 Å². The fourth-order valence-electron chi connectivity index (χ4n) is 2.10. The molecule has 0 amide bonds. The van der Waals surface area contributed by atoms with Crippen LogP contribution in [0.25, 0.3) is 0 Å². The van der Waals surface area contributed by atoms with E-state index in [1.54, 1.807) is 0 Å². The van der Waals surface area contributed by atoms with Gasteiger partial charge in [0, 0.05) is 41.2 Å². The third-order valence-electron chi connectivity index (χ3n) is 4.07. The second kappa shape index (κ2) is 15.1. The van der Waals surface area contributed by atoms with Gasteiger partial charge in [-0.2, -0.15) is 10.5 Å². The number of hydrogen-bond acceptors (Lipinski definition) is 5. The Morgan fingerprint density at radius 3 is 2.41 bits per heavy atom. The summed E-state index contributed by atoms with van der Waals surface area (Å²) in [7, 11) is 1.85. The molecule has 5 heteroatoms. The monoisotopic (exact) mass is 387 g/mol. The number of aliphatic hydroxyl groups is 1. The molecule has 2 N–H and O–H groups in total. The summed E-state index contributed by atoms with van der Waals surface area (Å²) in [5, 5.41) is 28.8. The third kappa shape index (κ3) is 12.1. The van der Waals surface area contributed by atoms with Gasteiger partial charge < -0.3 is 10.4 Å². The molecule has 4 nitrogen and oxygen atoms in total. The lowest BCUT2D eigenvalue weighted by molar-refractivity contribution is 0.295. The van der Waals surface area contributed by atoms with Crippen molar-refractivity contribution in [2.75, 3.05) is 13.7 Å². The molecule has 1 fully saturated rings. The number of thioether (sulfide) groups is 1. The van der Waals surface area contributed by atoms with Crippen LogP contribution >= 0.6 is 11.8 Å². The maximum Gasteiger partial charge on any atom is 0.0948 e. The maximum absolute atomic E-state index is 8.95. The van der Waals surface area contributed by atoms with Crippen molar-refractivity contribution < 1.29 is 5.11 Å². The fraction of sp³-hybridized carbons (Fsp3) is 0.545. The Labute approximate surface area is 169 Å². The van der Waals surface area contributed by atoms with Crippen LogP contribution in [0.15, 0.2) is 45.9 Å². The van der Waals surface area contributed by atoms with Crippen LogP contribution in [0.4, 0.5) is 0 Å². The summed E-state index contributed by atoms with van der Waals surface area (Å²) in [6.45, 7) is 10.5. The van der Waals surface area contributed by atoms with Crippen molar-refractivity contribution in [1.82, 2.24) is 5.32 Å². The molecule has 0 aliphatic heterocycles. The van der Waals surface area contributed by atoms with Crippen molar-refractivity contribution in [2.45, 2.75) is 52.9 Å². The first kappa shape index (κ1) is 25.1. The molecule has 27 heavy (non-hydrogen) atoms. The van der Waals surface area contributed by atoms with Crippen molar-refractivity contribution in [3.8, 4) is 12.1 Å². The highest BCUT2D eigenvalue weighted by Gasteiger charge is 2.15. The maximum atomic E-state index is 8.95. The van der Waals surface area contributed by atoms with Crippen LogP contribution in [0.5, 0.6) is 0 Å². The highest BCUT2D eigenvalue weighted by Crippen LogP contribution is 2.33. The lowest BCUT2D eigenvalue weighted by Crippen LogP contribution is -2.04. The van der Waals surface area contributed by atoms with E-state index in [-0.39, 0.29) is 5.92 Å². The molecule has 0 aromatic rings. The number of allylic oxidation sites excluding steroid dienone is 5. The van der Waals surface area contributed by atoms with Crippen molar-refractivity contribution >= 4 is 11.8 Å². The lowest BCUT2D eigenvalue weighted by atomic mass is 9.88. The van der Waals surface area contributed by atoms with Gasteiger partial charge in [0.1, 0.15) is 0 Å². The summed E-state index contributed by atoms with van der Waals surface area (Å²) >= 11 is 1.47. The van der Waals surface area contributed by atoms with E-state index in [2.05, 4.69) is 31.0 Å². The third-order valence-corrected chi connectivity index (χ3v) is 4.94.